The van der Waals surface area contributed by atoms with E-state index in [1.165, 1.54) is 12.8 Å². The number of thioether (sulfide) groups is 1. The SMILES string of the molecule is CCC1CN=C(NC(=O)C2CCCC2)S1. The molecule has 1 aliphatic carbocycles. The lowest BCUT2D eigenvalue weighted by Gasteiger charge is -2.10. The maximum atomic E-state index is 11.8. The van der Waals surface area contributed by atoms with Crippen LogP contribution in [0, 0.1) is 5.92 Å². The molecule has 1 fully saturated rings. The predicted octanol–water partition coefficient (Wildman–Crippen LogP) is 2.17. The summed E-state index contributed by atoms with van der Waals surface area (Å²) in [5.41, 5.74) is 0. The van der Waals surface area contributed by atoms with Crippen LogP contribution in [-0.2, 0) is 4.79 Å². The van der Waals surface area contributed by atoms with Gasteiger partial charge in [0.2, 0.25) is 5.91 Å². The maximum Gasteiger partial charge on any atom is 0.229 e. The van der Waals surface area contributed by atoms with Gasteiger partial charge in [0.25, 0.3) is 0 Å². The molecule has 15 heavy (non-hydrogen) atoms. The number of amidine groups is 1. The highest BCUT2D eigenvalue weighted by atomic mass is 32.2. The Morgan fingerprint density at radius 3 is 2.87 bits per heavy atom. The second-order valence-corrected chi connectivity index (χ2v) is 5.55. The number of nitrogens with zero attached hydrogens (tertiary/aromatic N) is 1. The lowest BCUT2D eigenvalue weighted by atomic mass is 10.1. The number of hydrogen-bond donors (Lipinski definition) is 1. The van der Waals surface area contributed by atoms with E-state index in [1.54, 1.807) is 11.8 Å². The summed E-state index contributed by atoms with van der Waals surface area (Å²) in [5, 5.41) is 4.38. The van der Waals surface area contributed by atoms with Crippen molar-refractivity contribution in [1.82, 2.24) is 5.32 Å². The Hall–Kier alpha value is -0.510. The van der Waals surface area contributed by atoms with Crippen LogP contribution in [0.5, 0.6) is 0 Å². The third kappa shape index (κ3) is 2.74. The van der Waals surface area contributed by atoms with Crippen molar-refractivity contribution >= 4 is 22.8 Å². The lowest BCUT2D eigenvalue weighted by molar-refractivity contribution is -0.123. The van der Waals surface area contributed by atoms with Gasteiger partial charge in [-0.25, -0.2) is 0 Å². The first-order valence-corrected chi connectivity index (χ1v) is 6.69. The van der Waals surface area contributed by atoms with Crippen molar-refractivity contribution in [2.24, 2.45) is 10.9 Å². The topological polar surface area (TPSA) is 41.5 Å². The van der Waals surface area contributed by atoms with E-state index in [9.17, 15) is 4.79 Å². The van der Waals surface area contributed by atoms with E-state index in [-0.39, 0.29) is 11.8 Å². The van der Waals surface area contributed by atoms with E-state index in [0.717, 1.165) is 31.0 Å². The summed E-state index contributed by atoms with van der Waals surface area (Å²) in [7, 11) is 0. The number of amides is 1. The summed E-state index contributed by atoms with van der Waals surface area (Å²) in [6, 6.07) is 0. The quantitative estimate of drug-likeness (QED) is 0.784. The first-order chi connectivity index (χ1) is 7.29. The molecular formula is C11H18N2OS. The molecule has 3 nitrogen and oxygen atoms in total. The molecule has 1 atom stereocenters. The van der Waals surface area contributed by atoms with Crippen molar-refractivity contribution in [3.63, 3.8) is 0 Å². The van der Waals surface area contributed by atoms with Crippen LogP contribution >= 0.6 is 11.8 Å². The third-order valence-electron chi connectivity index (χ3n) is 3.13. The fraction of sp³-hybridized carbons (Fsp3) is 0.818. The van der Waals surface area contributed by atoms with Crippen LogP contribution in [0.3, 0.4) is 0 Å². The molecule has 0 aromatic heterocycles. The van der Waals surface area contributed by atoms with E-state index in [0.29, 0.717) is 5.25 Å². The van der Waals surface area contributed by atoms with Gasteiger partial charge in [-0.2, -0.15) is 0 Å². The van der Waals surface area contributed by atoms with E-state index >= 15 is 0 Å². The second-order valence-electron chi connectivity index (χ2n) is 4.26. The number of rotatable bonds is 2. The van der Waals surface area contributed by atoms with Crippen LogP contribution in [0.15, 0.2) is 4.99 Å². The molecule has 0 aromatic rings. The van der Waals surface area contributed by atoms with Crippen LogP contribution < -0.4 is 5.32 Å². The van der Waals surface area contributed by atoms with E-state index < -0.39 is 0 Å². The summed E-state index contributed by atoms with van der Waals surface area (Å²) in [6.45, 7) is 3.02. The van der Waals surface area contributed by atoms with Crippen LogP contribution in [-0.4, -0.2) is 22.9 Å². The van der Waals surface area contributed by atoms with Gasteiger partial charge in [-0.1, -0.05) is 31.5 Å². The molecular weight excluding hydrogens is 208 g/mol. The Kier molecular flexibility index (Phi) is 3.67. The minimum Gasteiger partial charge on any atom is -0.305 e. The van der Waals surface area contributed by atoms with Crippen LogP contribution in [0.2, 0.25) is 0 Å². The lowest BCUT2D eigenvalue weighted by Crippen LogP contribution is -2.32. The number of aliphatic imine (C=N–C) groups is 1. The van der Waals surface area contributed by atoms with Crippen molar-refractivity contribution in [2.75, 3.05) is 6.54 Å². The van der Waals surface area contributed by atoms with Crippen LogP contribution in [0.25, 0.3) is 0 Å². The molecule has 1 saturated carbocycles. The highest BCUT2D eigenvalue weighted by molar-refractivity contribution is 8.14. The van der Waals surface area contributed by atoms with Gasteiger partial charge in [0.15, 0.2) is 5.17 Å². The Morgan fingerprint density at radius 2 is 2.27 bits per heavy atom. The molecule has 4 heteroatoms. The molecule has 2 rings (SSSR count). The summed E-state index contributed by atoms with van der Waals surface area (Å²) < 4.78 is 0. The standard InChI is InChI=1S/C11H18N2OS/c1-2-9-7-12-11(15-9)13-10(14)8-5-3-4-6-8/h8-9H,2-7H2,1H3,(H,12,13,14). The third-order valence-corrected chi connectivity index (χ3v) is 4.40. The first kappa shape index (κ1) is 11.0. The van der Waals surface area contributed by atoms with Crippen molar-refractivity contribution in [3.8, 4) is 0 Å². The average molecular weight is 226 g/mol. The van der Waals surface area contributed by atoms with E-state index in [1.807, 2.05) is 0 Å². The van der Waals surface area contributed by atoms with Crippen molar-refractivity contribution in [3.05, 3.63) is 0 Å². The number of nitrogens with one attached hydrogen (secondary N) is 1. The van der Waals surface area contributed by atoms with Gasteiger partial charge >= 0.3 is 0 Å². The van der Waals surface area contributed by atoms with Gasteiger partial charge in [0.05, 0.1) is 6.54 Å². The molecule has 1 unspecified atom stereocenters. The molecule has 2 aliphatic rings. The molecule has 0 spiro atoms. The number of carbonyl (C=O) groups is 1. The van der Waals surface area contributed by atoms with Gasteiger partial charge < -0.3 is 5.32 Å². The Bertz CT molecular complexity index is 272. The molecule has 1 aliphatic heterocycles. The fourth-order valence-corrected chi connectivity index (χ4v) is 3.03. The predicted molar refractivity (Wildman–Crippen MR) is 64.1 cm³/mol. The monoisotopic (exact) mass is 226 g/mol. The highest BCUT2D eigenvalue weighted by Gasteiger charge is 2.25. The molecule has 0 aromatic carbocycles. The van der Waals surface area contributed by atoms with E-state index in [2.05, 4.69) is 17.2 Å². The first-order valence-electron chi connectivity index (χ1n) is 5.81. The van der Waals surface area contributed by atoms with Gasteiger partial charge in [0, 0.05) is 11.2 Å². The second kappa shape index (κ2) is 5.01. The van der Waals surface area contributed by atoms with Crippen molar-refractivity contribution in [2.45, 2.75) is 44.3 Å². The largest absolute Gasteiger partial charge is 0.305 e. The minimum atomic E-state index is 0.190. The van der Waals surface area contributed by atoms with Gasteiger partial charge in [-0.05, 0) is 19.3 Å². The molecule has 0 saturated heterocycles. The molecule has 1 N–H and O–H groups in total. The summed E-state index contributed by atoms with van der Waals surface area (Å²) in [4.78, 5) is 16.1. The highest BCUT2D eigenvalue weighted by Crippen LogP contribution is 2.26. The summed E-state index contributed by atoms with van der Waals surface area (Å²) in [5.74, 6) is 0.435. The van der Waals surface area contributed by atoms with E-state index in [4.69, 9.17) is 0 Å². The molecule has 0 bridgehead atoms. The molecule has 0 radical (unpaired) electrons. The number of hydrogen-bond acceptors (Lipinski definition) is 3. The zero-order valence-corrected chi connectivity index (χ0v) is 9.98. The zero-order chi connectivity index (χ0) is 10.7. The van der Waals surface area contributed by atoms with Crippen LogP contribution in [0.1, 0.15) is 39.0 Å². The van der Waals surface area contributed by atoms with Gasteiger partial charge in [0.1, 0.15) is 0 Å². The Balaban J connectivity index is 1.79. The fourth-order valence-electron chi connectivity index (χ4n) is 2.09. The van der Waals surface area contributed by atoms with Gasteiger partial charge in [-0.3, -0.25) is 9.79 Å². The van der Waals surface area contributed by atoms with Gasteiger partial charge in [-0.15, -0.1) is 0 Å². The normalized spacial score (nSPS) is 26.7. The Labute approximate surface area is 95.1 Å². The number of carbonyl (C=O) groups excluding carboxylic acids is 1. The van der Waals surface area contributed by atoms with Crippen molar-refractivity contribution < 1.29 is 4.79 Å². The molecule has 1 heterocycles. The maximum absolute atomic E-state index is 11.8. The Morgan fingerprint density at radius 1 is 1.53 bits per heavy atom. The van der Waals surface area contributed by atoms with Crippen molar-refractivity contribution in [1.29, 1.82) is 0 Å². The van der Waals surface area contributed by atoms with Crippen LogP contribution in [0.4, 0.5) is 0 Å². The smallest absolute Gasteiger partial charge is 0.229 e. The molecule has 84 valence electrons. The summed E-state index contributed by atoms with van der Waals surface area (Å²) in [6.07, 6.45) is 5.64. The molecule has 1 amide bonds. The average Bonchev–Trinajstić information content (AvgIpc) is 2.87. The summed E-state index contributed by atoms with van der Waals surface area (Å²) >= 11 is 1.72. The minimum absolute atomic E-state index is 0.190. The zero-order valence-electron chi connectivity index (χ0n) is 9.16.